The molecule has 2 N–H and O–H groups in total. The Hall–Kier alpha value is -3.92. The van der Waals surface area contributed by atoms with E-state index in [0.29, 0.717) is 18.5 Å². The van der Waals surface area contributed by atoms with E-state index in [9.17, 15) is 14.4 Å². The Morgan fingerprint density at radius 2 is 1.57 bits per heavy atom. The van der Waals surface area contributed by atoms with Crippen LogP contribution in [0.4, 0.5) is 11.6 Å². The van der Waals surface area contributed by atoms with Gasteiger partial charge in [0, 0.05) is 22.3 Å². The monoisotopic (exact) mass is 602 g/mol. The average molecular weight is 604 g/mol. The maximum atomic E-state index is 14.0. The number of fused-ring (bicyclic) bond motifs is 1. The number of guanidine groups is 1. The predicted octanol–water partition coefficient (Wildman–Crippen LogP) is 4.86. The highest BCUT2D eigenvalue weighted by molar-refractivity contribution is 9.10. The number of benzene rings is 2. The average Bonchev–Trinajstić information content (AvgIpc) is 3.18. The van der Waals surface area contributed by atoms with E-state index in [0.717, 1.165) is 34.3 Å². The van der Waals surface area contributed by atoms with Crippen molar-refractivity contribution in [3.8, 4) is 0 Å². The number of nitrogens with one attached hydrogen (secondary N) is 2. The van der Waals surface area contributed by atoms with Crippen LogP contribution in [0.25, 0.3) is 0 Å². The van der Waals surface area contributed by atoms with Crippen molar-refractivity contribution in [2.75, 3.05) is 5.32 Å². The van der Waals surface area contributed by atoms with Gasteiger partial charge in [-0.15, -0.1) is 0 Å². The molecule has 1 aliphatic heterocycles. The molecule has 40 heavy (non-hydrogen) atoms. The van der Waals surface area contributed by atoms with E-state index >= 15 is 0 Å². The molecule has 1 aliphatic carbocycles. The minimum atomic E-state index is -1.04. The fourth-order valence-electron chi connectivity index (χ4n) is 5.47. The summed E-state index contributed by atoms with van der Waals surface area (Å²) in [6, 6.07) is 17.6. The molecule has 1 aromatic heterocycles. The van der Waals surface area contributed by atoms with Crippen molar-refractivity contribution in [1.82, 2.24) is 20.2 Å². The summed E-state index contributed by atoms with van der Waals surface area (Å²) in [6.07, 6.45) is 3.35. The number of para-hydroxylation sites is 1. The Labute approximate surface area is 241 Å². The van der Waals surface area contributed by atoms with Crippen LogP contribution in [-0.4, -0.2) is 44.6 Å². The molecule has 1 saturated heterocycles. The lowest BCUT2D eigenvalue weighted by Gasteiger charge is -2.26. The standard InChI is InChI=1S/C30H31BrN6O3/c1-18-16-19(2)33-29(32-18)36-30(34-24-15-9-8-14-23(24)31)35-26(38)25(17-20-10-4-3-5-11-20)37-27(39)21-12-6-7-13-22(21)28(37)40/h3-5,8-11,14-16,21-22,25H,6-7,12-13,17H2,1-2H3,(H2,32,33,34,35,36,38)/t21-,22-,25+/m1/s1. The smallest absolute Gasteiger partial charge is 0.253 e. The molecule has 2 aliphatic rings. The van der Waals surface area contributed by atoms with E-state index in [1.807, 2.05) is 74.5 Å². The van der Waals surface area contributed by atoms with Crippen molar-refractivity contribution in [2.45, 2.75) is 52.0 Å². The first kappa shape index (κ1) is 27.6. The number of rotatable bonds is 6. The molecule has 0 radical (unpaired) electrons. The number of carbonyl (C=O) groups excluding carboxylic acids is 3. The summed E-state index contributed by atoms with van der Waals surface area (Å²) in [5, 5.41) is 6.00. The van der Waals surface area contributed by atoms with Gasteiger partial charge in [0.05, 0.1) is 17.5 Å². The second-order valence-corrected chi connectivity index (χ2v) is 11.1. The highest BCUT2D eigenvalue weighted by Crippen LogP contribution is 2.39. The normalized spacial score (nSPS) is 19.8. The number of amides is 3. The number of halogens is 1. The molecule has 10 heteroatoms. The predicted molar refractivity (Wildman–Crippen MR) is 156 cm³/mol. The highest BCUT2D eigenvalue weighted by atomic mass is 79.9. The Bertz CT molecular complexity index is 1420. The maximum Gasteiger partial charge on any atom is 0.253 e. The molecule has 2 aromatic carbocycles. The van der Waals surface area contributed by atoms with E-state index < -0.39 is 11.9 Å². The summed E-state index contributed by atoms with van der Waals surface area (Å²) in [6.45, 7) is 3.68. The first-order valence-corrected chi connectivity index (χ1v) is 14.2. The van der Waals surface area contributed by atoms with Gasteiger partial charge < -0.3 is 5.32 Å². The minimum absolute atomic E-state index is 0.0801. The van der Waals surface area contributed by atoms with Gasteiger partial charge in [-0.2, -0.15) is 4.99 Å². The van der Waals surface area contributed by atoms with Gasteiger partial charge in [-0.05, 0) is 66.4 Å². The van der Waals surface area contributed by atoms with Crippen molar-refractivity contribution in [3.05, 3.63) is 82.1 Å². The van der Waals surface area contributed by atoms with Crippen molar-refractivity contribution in [1.29, 1.82) is 0 Å². The molecule has 1 saturated carbocycles. The fourth-order valence-corrected chi connectivity index (χ4v) is 5.85. The van der Waals surface area contributed by atoms with Crippen LogP contribution in [0.15, 0.2) is 70.1 Å². The van der Waals surface area contributed by atoms with Crippen LogP contribution in [0, 0.1) is 25.7 Å². The van der Waals surface area contributed by atoms with Crippen LogP contribution in [0.2, 0.25) is 0 Å². The Balaban J connectivity index is 1.50. The fraction of sp³-hybridized carbons (Fsp3) is 0.333. The van der Waals surface area contributed by atoms with Crippen molar-refractivity contribution in [2.24, 2.45) is 16.8 Å². The summed E-state index contributed by atoms with van der Waals surface area (Å²) >= 11 is 3.52. The van der Waals surface area contributed by atoms with E-state index in [-0.39, 0.29) is 42.0 Å². The largest absolute Gasteiger partial charge is 0.325 e. The molecular weight excluding hydrogens is 572 g/mol. The molecule has 3 amide bonds. The Morgan fingerprint density at radius 3 is 2.20 bits per heavy atom. The third-order valence-electron chi connectivity index (χ3n) is 7.31. The van der Waals surface area contributed by atoms with Crippen LogP contribution in [0.3, 0.4) is 0 Å². The van der Waals surface area contributed by atoms with Crippen molar-refractivity contribution < 1.29 is 14.4 Å². The molecule has 0 bridgehead atoms. The number of hydrogen-bond acceptors (Lipinski definition) is 6. The maximum absolute atomic E-state index is 14.0. The molecule has 2 fully saturated rings. The number of imide groups is 1. The van der Waals surface area contributed by atoms with Crippen LogP contribution in [0.5, 0.6) is 0 Å². The lowest BCUT2D eigenvalue weighted by Crippen LogP contribution is -2.53. The molecule has 206 valence electrons. The van der Waals surface area contributed by atoms with Gasteiger partial charge in [-0.1, -0.05) is 55.3 Å². The second kappa shape index (κ2) is 12.1. The van der Waals surface area contributed by atoms with Crippen molar-refractivity contribution >= 4 is 51.2 Å². The lowest BCUT2D eigenvalue weighted by molar-refractivity contribution is -0.147. The van der Waals surface area contributed by atoms with Crippen molar-refractivity contribution in [3.63, 3.8) is 0 Å². The van der Waals surface area contributed by atoms with Gasteiger partial charge in [0.1, 0.15) is 6.04 Å². The van der Waals surface area contributed by atoms with E-state index in [2.05, 4.69) is 41.5 Å². The van der Waals surface area contributed by atoms with Gasteiger partial charge >= 0.3 is 0 Å². The summed E-state index contributed by atoms with van der Waals surface area (Å²) in [5.74, 6) is -1.51. The van der Waals surface area contributed by atoms with E-state index in [4.69, 9.17) is 0 Å². The van der Waals surface area contributed by atoms with Gasteiger partial charge in [-0.25, -0.2) is 9.97 Å². The molecule has 0 unspecified atom stereocenters. The molecule has 3 atom stereocenters. The summed E-state index contributed by atoms with van der Waals surface area (Å²) in [4.78, 5) is 55.6. The molecule has 2 heterocycles. The SMILES string of the molecule is Cc1cc(C)nc(N=C(NC(=O)[C@H](Cc2ccccc2)N2C(=O)[C@@H]3CCCC[C@H]3C2=O)Nc2ccccc2Br)n1. The Morgan fingerprint density at radius 1 is 0.975 bits per heavy atom. The number of aromatic nitrogens is 2. The van der Waals surface area contributed by atoms with Crippen LogP contribution in [0.1, 0.15) is 42.6 Å². The van der Waals surface area contributed by atoms with Gasteiger partial charge in [-0.3, -0.25) is 24.6 Å². The second-order valence-electron chi connectivity index (χ2n) is 10.3. The van der Waals surface area contributed by atoms with Gasteiger partial charge in [0.15, 0.2) is 0 Å². The number of aliphatic imine (C=N–C) groups is 1. The zero-order valence-corrected chi connectivity index (χ0v) is 24.0. The summed E-state index contributed by atoms with van der Waals surface area (Å²) in [5.41, 5.74) is 2.96. The molecule has 0 spiro atoms. The zero-order chi connectivity index (χ0) is 28.2. The van der Waals surface area contributed by atoms with Crippen LogP contribution in [-0.2, 0) is 20.8 Å². The summed E-state index contributed by atoms with van der Waals surface area (Å²) < 4.78 is 0.757. The molecule has 5 rings (SSSR count). The highest BCUT2D eigenvalue weighted by Gasteiger charge is 2.51. The number of nitrogens with zero attached hydrogens (tertiary/aromatic N) is 4. The third-order valence-corrected chi connectivity index (χ3v) is 8.00. The Kier molecular flexibility index (Phi) is 8.35. The van der Waals surface area contributed by atoms with Crippen LogP contribution < -0.4 is 10.6 Å². The molecule has 9 nitrogen and oxygen atoms in total. The third kappa shape index (κ3) is 6.12. The minimum Gasteiger partial charge on any atom is -0.325 e. The first-order chi connectivity index (χ1) is 19.3. The summed E-state index contributed by atoms with van der Waals surface area (Å²) in [7, 11) is 0. The number of hydrogen-bond donors (Lipinski definition) is 2. The molecular formula is C30H31BrN6O3. The van der Waals surface area contributed by atoms with Crippen LogP contribution >= 0.6 is 15.9 Å². The number of anilines is 1. The van der Waals surface area contributed by atoms with Gasteiger partial charge in [0.2, 0.25) is 23.7 Å². The number of carbonyl (C=O) groups is 3. The van der Waals surface area contributed by atoms with Gasteiger partial charge in [0.25, 0.3) is 5.95 Å². The first-order valence-electron chi connectivity index (χ1n) is 13.4. The number of likely N-dealkylation sites (tertiary alicyclic amines) is 1. The lowest BCUT2D eigenvalue weighted by atomic mass is 9.81. The van der Waals surface area contributed by atoms with E-state index in [1.165, 1.54) is 4.90 Å². The quantitative estimate of drug-likeness (QED) is 0.236. The molecule has 3 aromatic rings. The van der Waals surface area contributed by atoms with E-state index in [1.54, 1.807) is 0 Å². The number of aryl methyl sites for hydroxylation is 2. The zero-order valence-electron chi connectivity index (χ0n) is 22.4. The topological polar surface area (TPSA) is 117 Å².